The van der Waals surface area contributed by atoms with Crippen LogP contribution in [-0.4, -0.2) is 38.2 Å². The molecule has 8 heteroatoms. The average Bonchev–Trinajstić information content (AvgIpc) is 3.21. The van der Waals surface area contributed by atoms with Gasteiger partial charge in [-0.2, -0.15) is 0 Å². The third-order valence-electron chi connectivity index (χ3n) is 3.91. The zero-order chi connectivity index (χ0) is 17.1. The Kier molecular flexibility index (Phi) is 4.54. The zero-order valence-electron chi connectivity index (χ0n) is 13.7. The second-order valence-corrected chi connectivity index (χ2v) is 5.75. The highest BCUT2D eigenvalue weighted by atomic mass is 16.3. The minimum Gasteiger partial charge on any atom is -0.448 e. The van der Waals surface area contributed by atoms with E-state index in [4.69, 9.17) is 4.42 Å². The number of aryl methyl sites for hydroxylation is 1. The van der Waals surface area contributed by atoms with Gasteiger partial charge in [-0.25, -0.2) is 4.98 Å². The molecule has 1 fully saturated rings. The van der Waals surface area contributed by atoms with Gasteiger partial charge in [-0.3, -0.25) is 19.6 Å². The number of likely N-dealkylation sites (tertiary alicyclic amines) is 1. The summed E-state index contributed by atoms with van der Waals surface area (Å²) in [5.41, 5.74) is 1.70. The third kappa shape index (κ3) is 3.42. The molecule has 0 radical (unpaired) electrons. The summed E-state index contributed by atoms with van der Waals surface area (Å²) in [6, 6.07) is -0.140. The van der Waals surface area contributed by atoms with Crippen molar-refractivity contribution in [3.8, 4) is 0 Å². The van der Waals surface area contributed by atoms with Crippen molar-refractivity contribution >= 4 is 11.8 Å². The van der Waals surface area contributed by atoms with Gasteiger partial charge in [0.05, 0.1) is 36.4 Å². The van der Waals surface area contributed by atoms with Gasteiger partial charge < -0.3 is 14.6 Å². The maximum atomic E-state index is 12.6. The van der Waals surface area contributed by atoms with Gasteiger partial charge in [0.15, 0.2) is 11.6 Å². The van der Waals surface area contributed by atoms with Crippen LogP contribution in [0, 0.1) is 6.92 Å². The fourth-order valence-electron chi connectivity index (χ4n) is 2.81. The Morgan fingerprint density at radius 1 is 1.38 bits per heavy atom. The average molecular weight is 329 g/mol. The van der Waals surface area contributed by atoms with Gasteiger partial charge in [0.1, 0.15) is 6.26 Å². The van der Waals surface area contributed by atoms with Crippen molar-refractivity contribution in [2.45, 2.75) is 39.3 Å². The van der Waals surface area contributed by atoms with E-state index in [0.717, 1.165) is 18.5 Å². The van der Waals surface area contributed by atoms with Crippen LogP contribution < -0.4 is 5.32 Å². The fraction of sp³-hybridized carbons (Fsp3) is 0.438. The maximum Gasteiger partial charge on any atom is 0.276 e. The minimum absolute atomic E-state index is 0.124. The maximum absolute atomic E-state index is 12.6. The summed E-state index contributed by atoms with van der Waals surface area (Å²) in [5, 5.41) is 2.70. The van der Waals surface area contributed by atoms with E-state index in [2.05, 4.69) is 20.3 Å². The number of hydrogen-bond acceptors (Lipinski definition) is 6. The molecule has 1 N–H and O–H groups in total. The van der Waals surface area contributed by atoms with Crippen LogP contribution in [0.25, 0.3) is 0 Å². The largest absolute Gasteiger partial charge is 0.448 e. The van der Waals surface area contributed by atoms with E-state index >= 15 is 0 Å². The predicted molar refractivity (Wildman–Crippen MR) is 83.8 cm³/mol. The molecule has 2 aromatic rings. The highest BCUT2D eigenvalue weighted by Crippen LogP contribution is 2.31. The Bertz CT molecular complexity index is 758. The van der Waals surface area contributed by atoms with Gasteiger partial charge in [-0.05, 0) is 12.8 Å². The van der Waals surface area contributed by atoms with Crippen LogP contribution in [0.2, 0.25) is 0 Å². The molecule has 0 bridgehead atoms. The Balaban J connectivity index is 1.79. The Morgan fingerprint density at radius 3 is 2.92 bits per heavy atom. The van der Waals surface area contributed by atoms with Crippen molar-refractivity contribution in [2.24, 2.45) is 0 Å². The zero-order valence-corrected chi connectivity index (χ0v) is 13.7. The molecule has 3 heterocycles. The van der Waals surface area contributed by atoms with Crippen LogP contribution in [0.4, 0.5) is 0 Å². The molecule has 24 heavy (non-hydrogen) atoms. The van der Waals surface area contributed by atoms with Crippen LogP contribution in [0.3, 0.4) is 0 Å². The van der Waals surface area contributed by atoms with E-state index in [1.807, 2.05) is 0 Å². The van der Waals surface area contributed by atoms with Crippen molar-refractivity contribution in [1.29, 1.82) is 0 Å². The summed E-state index contributed by atoms with van der Waals surface area (Å²) in [6.45, 7) is 4.12. The summed E-state index contributed by atoms with van der Waals surface area (Å²) in [6.07, 6.45) is 6.38. The quantitative estimate of drug-likeness (QED) is 0.909. The number of aromatic nitrogens is 3. The summed E-state index contributed by atoms with van der Waals surface area (Å²) in [5.74, 6) is 0.177. The molecule has 1 saturated heterocycles. The smallest absolute Gasteiger partial charge is 0.276 e. The van der Waals surface area contributed by atoms with Crippen LogP contribution in [-0.2, 0) is 11.3 Å². The summed E-state index contributed by atoms with van der Waals surface area (Å²) < 4.78 is 5.13. The first-order chi connectivity index (χ1) is 11.5. The molecule has 0 aliphatic carbocycles. The van der Waals surface area contributed by atoms with Gasteiger partial charge in [0.2, 0.25) is 5.91 Å². The van der Waals surface area contributed by atoms with Gasteiger partial charge in [-0.1, -0.05) is 0 Å². The van der Waals surface area contributed by atoms with E-state index in [1.54, 1.807) is 24.2 Å². The molecular formula is C16H19N5O3. The van der Waals surface area contributed by atoms with Gasteiger partial charge in [0, 0.05) is 20.4 Å². The molecule has 1 aliphatic rings. The van der Waals surface area contributed by atoms with Gasteiger partial charge >= 0.3 is 0 Å². The van der Waals surface area contributed by atoms with Crippen LogP contribution >= 0.6 is 0 Å². The molecule has 1 aliphatic heterocycles. The fourth-order valence-corrected chi connectivity index (χ4v) is 2.81. The molecule has 0 spiro atoms. The summed E-state index contributed by atoms with van der Waals surface area (Å²) in [7, 11) is 0. The highest BCUT2D eigenvalue weighted by Gasteiger charge is 2.33. The molecule has 0 unspecified atom stereocenters. The van der Waals surface area contributed by atoms with Crippen LogP contribution in [0.5, 0.6) is 0 Å². The molecule has 126 valence electrons. The molecule has 2 amide bonds. The third-order valence-corrected chi connectivity index (χ3v) is 3.91. The van der Waals surface area contributed by atoms with Crippen molar-refractivity contribution in [3.63, 3.8) is 0 Å². The van der Waals surface area contributed by atoms with E-state index in [0.29, 0.717) is 30.4 Å². The van der Waals surface area contributed by atoms with Crippen molar-refractivity contribution in [2.75, 3.05) is 6.54 Å². The minimum atomic E-state index is -0.164. The van der Waals surface area contributed by atoms with E-state index < -0.39 is 0 Å². The lowest BCUT2D eigenvalue weighted by atomic mass is 10.1. The Labute approximate surface area is 139 Å². The number of carbonyl (C=O) groups excluding carboxylic acids is 2. The molecule has 0 aromatic carbocycles. The Morgan fingerprint density at radius 2 is 2.21 bits per heavy atom. The van der Waals surface area contributed by atoms with Crippen molar-refractivity contribution in [1.82, 2.24) is 25.2 Å². The number of amides is 2. The summed E-state index contributed by atoms with van der Waals surface area (Å²) >= 11 is 0. The first-order valence-corrected chi connectivity index (χ1v) is 7.83. The second-order valence-electron chi connectivity index (χ2n) is 5.75. The standard InChI is InChI=1S/C16H19N5O3/c1-10(22)18-7-12-6-17-8-13(20-12)15-4-3-5-21(15)16(23)14-9-24-11(2)19-14/h6,8-9,15H,3-5,7H2,1-2H3,(H,18,22)/t15-/m1/s1. The highest BCUT2D eigenvalue weighted by molar-refractivity contribution is 5.92. The van der Waals surface area contributed by atoms with E-state index in [1.165, 1.54) is 13.2 Å². The molecule has 3 rings (SSSR count). The lowest BCUT2D eigenvalue weighted by molar-refractivity contribution is -0.119. The number of hydrogen-bond donors (Lipinski definition) is 1. The van der Waals surface area contributed by atoms with E-state index in [9.17, 15) is 9.59 Å². The van der Waals surface area contributed by atoms with Crippen molar-refractivity contribution in [3.05, 3.63) is 41.6 Å². The molecule has 2 aromatic heterocycles. The second kappa shape index (κ2) is 6.77. The molecule has 0 saturated carbocycles. The number of oxazole rings is 1. The number of nitrogens with zero attached hydrogens (tertiary/aromatic N) is 4. The van der Waals surface area contributed by atoms with Crippen LogP contribution in [0.1, 0.15) is 53.6 Å². The lowest BCUT2D eigenvalue weighted by Gasteiger charge is -2.23. The normalized spacial score (nSPS) is 17.1. The number of rotatable bonds is 4. The molecule has 1 atom stereocenters. The van der Waals surface area contributed by atoms with Gasteiger partial charge in [-0.15, -0.1) is 0 Å². The predicted octanol–water partition coefficient (Wildman–Crippen LogP) is 1.39. The number of carbonyl (C=O) groups is 2. The first-order valence-electron chi connectivity index (χ1n) is 7.83. The first kappa shape index (κ1) is 16.1. The molecule has 8 nitrogen and oxygen atoms in total. The van der Waals surface area contributed by atoms with Crippen molar-refractivity contribution < 1.29 is 14.0 Å². The Hall–Kier alpha value is -2.77. The topological polar surface area (TPSA) is 101 Å². The molecular weight excluding hydrogens is 310 g/mol. The monoisotopic (exact) mass is 329 g/mol. The summed E-state index contributed by atoms with van der Waals surface area (Å²) in [4.78, 5) is 38.3. The van der Waals surface area contributed by atoms with E-state index in [-0.39, 0.29) is 17.9 Å². The lowest BCUT2D eigenvalue weighted by Crippen LogP contribution is -2.31. The van der Waals surface area contributed by atoms with Gasteiger partial charge in [0.25, 0.3) is 5.91 Å². The van der Waals surface area contributed by atoms with Crippen LogP contribution in [0.15, 0.2) is 23.1 Å². The SMILES string of the molecule is CC(=O)NCc1cncc([C@H]2CCCN2C(=O)c2coc(C)n2)n1. The number of nitrogens with one attached hydrogen (secondary N) is 1.